The Morgan fingerprint density at radius 1 is 0.875 bits per heavy atom. The van der Waals surface area contributed by atoms with Crippen molar-refractivity contribution in [1.29, 1.82) is 0 Å². The molecule has 7 heteroatoms. The number of carbonyl (C=O) groups is 2. The lowest BCUT2D eigenvalue weighted by Crippen LogP contribution is -2.36. The highest BCUT2D eigenvalue weighted by molar-refractivity contribution is 5.90. The molecular weight excluding hydrogens is 504 g/mol. The number of aromatic nitrogens is 1. The summed E-state index contributed by atoms with van der Waals surface area (Å²) >= 11 is 0. The SMILES string of the molecule is CCCCCCCCCCCCCCCCCCOC[C@H]1CO[C@H](COC(=O)N(Cc2ccccn2)C(C)=O)C1. The van der Waals surface area contributed by atoms with Crippen molar-refractivity contribution >= 4 is 12.0 Å². The molecule has 40 heavy (non-hydrogen) atoms. The van der Waals surface area contributed by atoms with Gasteiger partial charge in [-0.2, -0.15) is 0 Å². The fourth-order valence-corrected chi connectivity index (χ4v) is 5.21. The first-order valence-electron chi connectivity index (χ1n) is 16.1. The minimum absolute atomic E-state index is 0.0936. The first-order valence-corrected chi connectivity index (χ1v) is 16.1. The van der Waals surface area contributed by atoms with Crippen LogP contribution in [0.3, 0.4) is 0 Å². The molecule has 2 rings (SSSR count). The molecule has 0 unspecified atom stereocenters. The third-order valence-electron chi connectivity index (χ3n) is 7.70. The van der Waals surface area contributed by atoms with Gasteiger partial charge < -0.3 is 14.2 Å². The Labute approximate surface area is 243 Å². The summed E-state index contributed by atoms with van der Waals surface area (Å²) in [7, 11) is 0. The maximum atomic E-state index is 12.5. The minimum atomic E-state index is -0.662. The quantitative estimate of drug-likeness (QED) is 0.125. The zero-order valence-electron chi connectivity index (χ0n) is 25.5. The van der Waals surface area contributed by atoms with Gasteiger partial charge in [-0.05, 0) is 25.0 Å². The third kappa shape index (κ3) is 16.3. The van der Waals surface area contributed by atoms with Crippen LogP contribution in [0.5, 0.6) is 0 Å². The van der Waals surface area contributed by atoms with Crippen molar-refractivity contribution in [1.82, 2.24) is 9.88 Å². The van der Waals surface area contributed by atoms with Crippen molar-refractivity contribution in [2.45, 2.75) is 136 Å². The van der Waals surface area contributed by atoms with Gasteiger partial charge >= 0.3 is 6.09 Å². The van der Waals surface area contributed by atoms with Gasteiger partial charge in [0, 0.05) is 25.6 Å². The molecule has 1 aromatic rings. The standard InChI is InChI=1S/C33H56N2O5/c1-3-4-5-6-7-8-9-10-11-12-13-14-15-16-17-20-23-38-26-30-24-32(39-27-30)28-40-33(37)35(29(2)36)25-31-21-18-19-22-34-31/h18-19,21-22,30,32H,3-17,20,23-28H2,1-2H3/t30-,32-/m0/s1. The Hall–Kier alpha value is -1.99. The highest BCUT2D eigenvalue weighted by Gasteiger charge is 2.28. The van der Waals surface area contributed by atoms with Crippen LogP contribution >= 0.6 is 0 Å². The lowest BCUT2D eigenvalue weighted by molar-refractivity contribution is -0.128. The van der Waals surface area contributed by atoms with E-state index in [-0.39, 0.29) is 25.2 Å². The van der Waals surface area contributed by atoms with E-state index in [0.717, 1.165) is 24.3 Å². The van der Waals surface area contributed by atoms with E-state index in [1.54, 1.807) is 18.3 Å². The summed E-state index contributed by atoms with van der Waals surface area (Å²) in [6.45, 7) is 5.97. The van der Waals surface area contributed by atoms with Gasteiger partial charge in [-0.25, -0.2) is 9.69 Å². The minimum Gasteiger partial charge on any atom is -0.446 e. The third-order valence-corrected chi connectivity index (χ3v) is 7.70. The van der Waals surface area contributed by atoms with E-state index in [9.17, 15) is 9.59 Å². The van der Waals surface area contributed by atoms with Gasteiger partial charge in [0.25, 0.3) is 0 Å². The van der Waals surface area contributed by atoms with Gasteiger partial charge in [-0.3, -0.25) is 9.78 Å². The summed E-state index contributed by atoms with van der Waals surface area (Å²) < 4.78 is 17.1. The molecular formula is C33H56N2O5. The van der Waals surface area contributed by atoms with Crippen molar-refractivity contribution in [3.05, 3.63) is 30.1 Å². The molecule has 2 amide bonds. The summed E-state index contributed by atoms with van der Waals surface area (Å²) in [5.74, 6) is -0.0504. The van der Waals surface area contributed by atoms with Crippen LogP contribution in [0.15, 0.2) is 24.4 Å². The second-order valence-electron chi connectivity index (χ2n) is 11.4. The molecule has 0 spiro atoms. The largest absolute Gasteiger partial charge is 0.446 e. The summed E-state index contributed by atoms with van der Waals surface area (Å²) in [5.41, 5.74) is 0.633. The smallest absolute Gasteiger partial charge is 0.416 e. The van der Waals surface area contributed by atoms with Crippen molar-refractivity contribution in [3.63, 3.8) is 0 Å². The molecule has 2 heterocycles. The molecule has 228 valence electrons. The van der Waals surface area contributed by atoms with E-state index in [0.29, 0.717) is 24.8 Å². The van der Waals surface area contributed by atoms with E-state index in [1.807, 2.05) is 6.07 Å². The predicted molar refractivity (Wildman–Crippen MR) is 160 cm³/mol. The number of imide groups is 1. The van der Waals surface area contributed by atoms with E-state index < -0.39 is 6.09 Å². The Morgan fingerprint density at radius 3 is 2.02 bits per heavy atom. The molecule has 1 saturated heterocycles. The normalized spacial score (nSPS) is 16.8. The Bertz CT molecular complexity index is 775. The van der Waals surface area contributed by atoms with Crippen molar-refractivity contribution < 1.29 is 23.8 Å². The molecule has 1 aliphatic rings. The number of amides is 2. The van der Waals surface area contributed by atoms with Crippen molar-refractivity contribution in [3.8, 4) is 0 Å². The molecule has 1 fully saturated rings. The van der Waals surface area contributed by atoms with Gasteiger partial charge in [0.15, 0.2) is 0 Å². The van der Waals surface area contributed by atoms with Crippen LogP contribution < -0.4 is 0 Å². The molecule has 1 aromatic heterocycles. The number of hydrogen-bond donors (Lipinski definition) is 0. The number of rotatable bonds is 23. The van der Waals surface area contributed by atoms with Crippen LogP contribution in [0.4, 0.5) is 4.79 Å². The lowest BCUT2D eigenvalue weighted by atomic mass is 10.0. The fraction of sp³-hybridized carbons (Fsp3) is 0.788. The van der Waals surface area contributed by atoms with Crippen LogP contribution in [-0.2, 0) is 25.5 Å². The number of pyridine rings is 1. The molecule has 0 bridgehead atoms. The first-order chi connectivity index (χ1) is 19.6. The monoisotopic (exact) mass is 560 g/mol. The molecule has 0 aliphatic carbocycles. The van der Waals surface area contributed by atoms with Gasteiger partial charge in [-0.15, -0.1) is 0 Å². The molecule has 7 nitrogen and oxygen atoms in total. The maximum Gasteiger partial charge on any atom is 0.416 e. The zero-order valence-corrected chi connectivity index (χ0v) is 25.5. The van der Waals surface area contributed by atoms with E-state index in [2.05, 4.69) is 11.9 Å². The number of nitrogens with zero attached hydrogens (tertiary/aromatic N) is 2. The molecule has 2 atom stereocenters. The van der Waals surface area contributed by atoms with Crippen LogP contribution in [0.1, 0.15) is 129 Å². The topological polar surface area (TPSA) is 78.0 Å². The van der Waals surface area contributed by atoms with Crippen LogP contribution in [0.25, 0.3) is 0 Å². The summed E-state index contributed by atoms with van der Waals surface area (Å²) in [5, 5.41) is 0. The van der Waals surface area contributed by atoms with Gasteiger partial charge in [0.2, 0.25) is 5.91 Å². The van der Waals surface area contributed by atoms with E-state index in [1.165, 1.54) is 103 Å². The van der Waals surface area contributed by atoms with E-state index >= 15 is 0 Å². The Morgan fingerprint density at radius 2 is 1.48 bits per heavy atom. The number of unbranched alkanes of at least 4 members (excludes halogenated alkanes) is 15. The molecule has 1 aliphatic heterocycles. The predicted octanol–water partition coefficient (Wildman–Crippen LogP) is 8.25. The van der Waals surface area contributed by atoms with E-state index in [4.69, 9.17) is 14.2 Å². The lowest BCUT2D eigenvalue weighted by Gasteiger charge is -2.19. The molecule has 0 radical (unpaired) electrons. The second kappa shape index (κ2) is 22.7. The number of hydrogen-bond acceptors (Lipinski definition) is 6. The van der Waals surface area contributed by atoms with Crippen LogP contribution in [0, 0.1) is 5.92 Å². The van der Waals surface area contributed by atoms with Gasteiger partial charge in [0.1, 0.15) is 6.61 Å². The Kier molecular flexibility index (Phi) is 19.4. The van der Waals surface area contributed by atoms with Crippen molar-refractivity contribution in [2.24, 2.45) is 5.92 Å². The fourth-order valence-electron chi connectivity index (χ4n) is 5.21. The van der Waals surface area contributed by atoms with Crippen LogP contribution in [-0.4, -0.2) is 54.4 Å². The Balaban J connectivity index is 1.38. The van der Waals surface area contributed by atoms with Crippen molar-refractivity contribution in [2.75, 3.05) is 26.4 Å². The number of carbonyl (C=O) groups excluding carboxylic acids is 2. The number of ether oxygens (including phenoxy) is 3. The summed E-state index contributed by atoms with van der Waals surface area (Å²) in [4.78, 5) is 29.6. The zero-order chi connectivity index (χ0) is 28.7. The summed E-state index contributed by atoms with van der Waals surface area (Å²) in [6.07, 6.45) is 23.5. The highest BCUT2D eigenvalue weighted by atomic mass is 16.6. The molecule has 0 saturated carbocycles. The molecule has 0 N–H and O–H groups in total. The summed E-state index contributed by atoms with van der Waals surface area (Å²) in [6, 6.07) is 5.38. The van der Waals surface area contributed by atoms with Gasteiger partial charge in [0.05, 0.1) is 31.6 Å². The second-order valence-corrected chi connectivity index (χ2v) is 11.4. The average molecular weight is 561 g/mol. The first kappa shape index (κ1) is 34.2. The molecule has 0 aromatic carbocycles. The van der Waals surface area contributed by atoms with Crippen LogP contribution in [0.2, 0.25) is 0 Å². The highest BCUT2D eigenvalue weighted by Crippen LogP contribution is 2.21. The maximum absolute atomic E-state index is 12.5. The van der Waals surface area contributed by atoms with Gasteiger partial charge in [-0.1, -0.05) is 109 Å². The average Bonchev–Trinajstić information content (AvgIpc) is 3.42.